The van der Waals surface area contributed by atoms with Crippen LogP contribution in [0.1, 0.15) is 19.4 Å². The Bertz CT molecular complexity index is 396. The summed E-state index contributed by atoms with van der Waals surface area (Å²) >= 11 is 5.76. The van der Waals surface area contributed by atoms with Crippen LogP contribution in [-0.4, -0.2) is 18.6 Å². The van der Waals surface area contributed by atoms with Crippen molar-refractivity contribution in [1.82, 2.24) is 10.6 Å². The van der Waals surface area contributed by atoms with Gasteiger partial charge in [-0.1, -0.05) is 11.6 Å². The second-order valence-corrected chi connectivity index (χ2v) is 4.48. The zero-order valence-electron chi connectivity index (χ0n) is 9.89. The number of benzene rings is 1. The van der Waals surface area contributed by atoms with Crippen molar-refractivity contribution in [3.63, 3.8) is 0 Å². The highest BCUT2D eigenvalue weighted by Gasteiger charge is 2.05. The molecule has 0 saturated carbocycles. The zero-order chi connectivity index (χ0) is 12.8. The van der Waals surface area contributed by atoms with Gasteiger partial charge in [-0.25, -0.2) is 9.18 Å². The third kappa shape index (κ3) is 5.04. The Morgan fingerprint density at radius 2 is 2.18 bits per heavy atom. The molecular formula is C12H16ClFN2O. The van der Waals surface area contributed by atoms with Crippen LogP contribution in [0.15, 0.2) is 18.2 Å². The molecule has 5 heteroatoms. The second kappa shape index (κ2) is 6.45. The summed E-state index contributed by atoms with van der Waals surface area (Å²) in [6.07, 6.45) is 0.415. The van der Waals surface area contributed by atoms with Crippen molar-refractivity contribution in [2.45, 2.75) is 26.3 Å². The first-order valence-electron chi connectivity index (χ1n) is 5.47. The number of rotatable bonds is 4. The number of hydrogen-bond acceptors (Lipinski definition) is 1. The molecule has 0 radical (unpaired) electrons. The first kappa shape index (κ1) is 13.8. The predicted octanol–water partition coefficient (Wildman–Crippen LogP) is 2.73. The van der Waals surface area contributed by atoms with Crippen LogP contribution >= 0.6 is 11.6 Å². The highest BCUT2D eigenvalue weighted by molar-refractivity contribution is 6.30. The molecule has 0 saturated heterocycles. The van der Waals surface area contributed by atoms with E-state index >= 15 is 0 Å². The Kier molecular flexibility index (Phi) is 5.22. The number of nitrogens with one attached hydrogen (secondary N) is 2. The van der Waals surface area contributed by atoms with Gasteiger partial charge in [0, 0.05) is 17.6 Å². The summed E-state index contributed by atoms with van der Waals surface area (Å²) in [6, 6.07) is 4.23. The molecule has 0 aromatic heterocycles. The molecule has 94 valence electrons. The lowest BCUT2D eigenvalue weighted by atomic mass is 10.1. The van der Waals surface area contributed by atoms with Gasteiger partial charge in [0.15, 0.2) is 0 Å². The van der Waals surface area contributed by atoms with Gasteiger partial charge >= 0.3 is 6.03 Å². The number of carbonyl (C=O) groups excluding carboxylic acids is 1. The van der Waals surface area contributed by atoms with Gasteiger partial charge < -0.3 is 10.6 Å². The van der Waals surface area contributed by atoms with E-state index in [0.717, 1.165) is 0 Å². The monoisotopic (exact) mass is 258 g/mol. The van der Waals surface area contributed by atoms with Gasteiger partial charge in [0.25, 0.3) is 0 Å². The fraction of sp³-hybridized carbons (Fsp3) is 0.417. The lowest BCUT2D eigenvalue weighted by Gasteiger charge is -2.10. The number of hydrogen-bond donors (Lipinski definition) is 2. The number of halogens is 2. The quantitative estimate of drug-likeness (QED) is 0.857. The SMILES string of the molecule is CC(C)NC(=O)NCCc1cc(Cl)ccc1F. The van der Waals surface area contributed by atoms with E-state index in [1.54, 1.807) is 6.07 Å². The summed E-state index contributed by atoms with van der Waals surface area (Å²) in [5.41, 5.74) is 0.502. The summed E-state index contributed by atoms with van der Waals surface area (Å²) in [5.74, 6) is -0.305. The van der Waals surface area contributed by atoms with Crippen LogP contribution < -0.4 is 10.6 Å². The van der Waals surface area contributed by atoms with Gasteiger partial charge in [-0.05, 0) is 44.0 Å². The largest absolute Gasteiger partial charge is 0.338 e. The van der Waals surface area contributed by atoms with E-state index in [0.29, 0.717) is 23.6 Å². The fourth-order valence-corrected chi connectivity index (χ4v) is 1.55. The molecule has 1 aromatic carbocycles. The fourth-order valence-electron chi connectivity index (χ4n) is 1.36. The van der Waals surface area contributed by atoms with Gasteiger partial charge in [0.2, 0.25) is 0 Å². The molecular weight excluding hydrogens is 243 g/mol. The smallest absolute Gasteiger partial charge is 0.314 e. The van der Waals surface area contributed by atoms with Gasteiger partial charge in [-0.3, -0.25) is 0 Å². The van der Waals surface area contributed by atoms with E-state index in [1.807, 2.05) is 13.8 Å². The van der Waals surface area contributed by atoms with Gasteiger partial charge in [0.1, 0.15) is 5.82 Å². The van der Waals surface area contributed by atoms with Gasteiger partial charge in [-0.15, -0.1) is 0 Å². The molecule has 2 N–H and O–H groups in total. The minimum atomic E-state index is -0.305. The van der Waals surface area contributed by atoms with Crippen molar-refractivity contribution in [2.75, 3.05) is 6.54 Å². The summed E-state index contributed by atoms with van der Waals surface area (Å²) in [7, 11) is 0. The normalized spacial score (nSPS) is 10.4. The minimum absolute atomic E-state index is 0.0814. The molecule has 1 rings (SSSR count). The highest BCUT2D eigenvalue weighted by Crippen LogP contribution is 2.14. The van der Waals surface area contributed by atoms with Crippen molar-refractivity contribution in [3.8, 4) is 0 Å². The van der Waals surface area contributed by atoms with E-state index in [1.165, 1.54) is 12.1 Å². The lowest BCUT2D eigenvalue weighted by Crippen LogP contribution is -2.40. The minimum Gasteiger partial charge on any atom is -0.338 e. The predicted molar refractivity (Wildman–Crippen MR) is 66.8 cm³/mol. The third-order valence-electron chi connectivity index (χ3n) is 2.11. The van der Waals surface area contributed by atoms with Crippen LogP contribution in [0.5, 0.6) is 0 Å². The maximum atomic E-state index is 13.3. The van der Waals surface area contributed by atoms with Crippen LogP contribution in [0, 0.1) is 5.82 Å². The molecule has 0 aliphatic heterocycles. The molecule has 2 amide bonds. The van der Waals surface area contributed by atoms with Crippen LogP contribution in [0.4, 0.5) is 9.18 Å². The van der Waals surface area contributed by atoms with Crippen molar-refractivity contribution in [1.29, 1.82) is 0 Å². The maximum Gasteiger partial charge on any atom is 0.314 e. The van der Waals surface area contributed by atoms with Crippen molar-refractivity contribution in [3.05, 3.63) is 34.6 Å². The Hall–Kier alpha value is -1.29. The molecule has 0 bridgehead atoms. The van der Waals surface area contributed by atoms with E-state index in [4.69, 9.17) is 11.6 Å². The topological polar surface area (TPSA) is 41.1 Å². The standard InChI is InChI=1S/C12H16ClFN2O/c1-8(2)16-12(17)15-6-5-9-7-10(13)3-4-11(9)14/h3-4,7-8H,5-6H2,1-2H3,(H2,15,16,17). The number of amides is 2. The van der Waals surface area contributed by atoms with Gasteiger partial charge in [0.05, 0.1) is 0 Å². The van der Waals surface area contributed by atoms with Crippen LogP contribution in [0.3, 0.4) is 0 Å². The molecule has 0 aliphatic rings. The molecule has 0 spiro atoms. The van der Waals surface area contributed by atoms with Crippen molar-refractivity contribution >= 4 is 17.6 Å². The molecule has 0 unspecified atom stereocenters. The van der Waals surface area contributed by atoms with E-state index in [-0.39, 0.29) is 17.9 Å². The lowest BCUT2D eigenvalue weighted by molar-refractivity contribution is 0.238. The zero-order valence-corrected chi connectivity index (χ0v) is 10.6. The first-order valence-corrected chi connectivity index (χ1v) is 5.85. The first-order chi connectivity index (χ1) is 7.99. The average molecular weight is 259 g/mol. The van der Waals surface area contributed by atoms with Crippen LogP contribution in [0.2, 0.25) is 5.02 Å². The number of urea groups is 1. The summed E-state index contributed by atoms with van der Waals surface area (Å²) in [4.78, 5) is 11.3. The van der Waals surface area contributed by atoms with E-state index in [2.05, 4.69) is 10.6 Å². The van der Waals surface area contributed by atoms with Crippen LogP contribution in [0.25, 0.3) is 0 Å². The Labute approximate surface area is 105 Å². The van der Waals surface area contributed by atoms with Crippen LogP contribution in [-0.2, 0) is 6.42 Å². The van der Waals surface area contributed by atoms with E-state index < -0.39 is 0 Å². The van der Waals surface area contributed by atoms with E-state index in [9.17, 15) is 9.18 Å². The Morgan fingerprint density at radius 3 is 2.82 bits per heavy atom. The third-order valence-corrected chi connectivity index (χ3v) is 2.34. The summed E-state index contributed by atoms with van der Waals surface area (Å²) in [5, 5.41) is 5.83. The molecule has 0 heterocycles. The Balaban J connectivity index is 2.40. The second-order valence-electron chi connectivity index (χ2n) is 4.04. The maximum absolute atomic E-state index is 13.3. The van der Waals surface area contributed by atoms with Crippen molar-refractivity contribution in [2.24, 2.45) is 0 Å². The molecule has 0 fully saturated rings. The molecule has 3 nitrogen and oxygen atoms in total. The summed E-state index contributed by atoms with van der Waals surface area (Å²) < 4.78 is 13.3. The Morgan fingerprint density at radius 1 is 1.47 bits per heavy atom. The van der Waals surface area contributed by atoms with Crippen molar-refractivity contribution < 1.29 is 9.18 Å². The molecule has 1 aromatic rings. The molecule has 17 heavy (non-hydrogen) atoms. The van der Waals surface area contributed by atoms with Gasteiger partial charge in [-0.2, -0.15) is 0 Å². The highest BCUT2D eigenvalue weighted by atomic mass is 35.5. The molecule has 0 atom stereocenters. The average Bonchev–Trinajstić information content (AvgIpc) is 2.22. The number of carbonyl (C=O) groups is 1. The summed E-state index contributed by atoms with van der Waals surface area (Å²) in [6.45, 7) is 4.11. The molecule has 0 aliphatic carbocycles.